The molecule has 6 heteroatoms. The van der Waals surface area contributed by atoms with E-state index in [1.165, 1.54) is 5.69 Å². The van der Waals surface area contributed by atoms with Crippen molar-refractivity contribution in [3.05, 3.63) is 24.3 Å². The maximum Gasteiger partial charge on any atom is 0.0558 e. The molecule has 0 bridgehead atoms. The second kappa shape index (κ2) is 8.43. The Balaban J connectivity index is 0.00000144. The first-order valence-electron chi connectivity index (χ1n) is 5.73. The van der Waals surface area contributed by atoms with Gasteiger partial charge < -0.3 is 15.7 Å². The summed E-state index contributed by atoms with van der Waals surface area (Å²) in [5.41, 5.74) is 7.71. The van der Waals surface area contributed by atoms with Crippen molar-refractivity contribution in [3.8, 4) is 0 Å². The maximum atomic E-state index is 8.86. The molecule has 4 nitrogen and oxygen atoms in total. The molecule has 1 aliphatic rings. The van der Waals surface area contributed by atoms with Gasteiger partial charge in [0.1, 0.15) is 0 Å². The number of hydrogen-bond acceptors (Lipinski definition) is 4. The zero-order valence-corrected chi connectivity index (χ0v) is 11.9. The van der Waals surface area contributed by atoms with E-state index in [2.05, 4.69) is 21.9 Å². The molecule has 0 atom stereocenters. The molecule has 2 rings (SSSR count). The number of nitrogens with two attached hydrogens (primary N) is 1. The fourth-order valence-corrected chi connectivity index (χ4v) is 2.06. The number of anilines is 2. The van der Waals surface area contributed by atoms with Crippen molar-refractivity contribution in [2.24, 2.45) is 0 Å². The second-order valence-corrected chi connectivity index (χ2v) is 4.14. The fraction of sp³-hybridized carbons (Fsp3) is 0.500. The first kappa shape index (κ1) is 17.3. The number of nitrogen functional groups attached to an aromatic ring is 1. The SMILES string of the molecule is Cl.Cl.Nc1ccc(N2CCN(CCO)CC2)cc1. The van der Waals surface area contributed by atoms with E-state index in [0.717, 1.165) is 38.4 Å². The van der Waals surface area contributed by atoms with Crippen LogP contribution in [0, 0.1) is 0 Å². The Kier molecular flexibility index (Phi) is 8.11. The van der Waals surface area contributed by atoms with E-state index >= 15 is 0 Å². The average molecular weight is 294 g/mol. The van der Waals surface area contributed by atoms with Gasteiger partial charge in [-0.1, -0.05) is 0 Å². The monoisotopic (exact) mass is 293 g/mol. The normalized spacial score (nSPS) is 15.7. The first-order valence-corrected chi connectivity index (χ1v) is 5.73. The third-order valence-electron chi connectivity index (χ3n) is 3.05. The molecule has 0 unspecified atom stereocenters. The van der Waals surface area contributed by atoms with E-state index in [4.69, 9.17) is 10.8 Å². The van der Waals surface area contributed by atoms with E-state index in [9.17, 15) is 0 Å². The Morgan fingerprint density at radius 2 is 1.56 bits per heavy atom. The van der Waals surface area contributed by atoms with E-state index in [-0.39, 0.29) is 31.4 Å². The van der Waals surface area contributed by atoms with Crippen molar-refractivity contribution in [1.29, 1.82) is 0 Å². The Labute approximate surface area is 121 Å². The van der Waals surface area contributed by atoms with Gasteiger partial charge in [0.05, 0.1) is 6.61 Å². The Bertz CT molecular complexity index is 327. The summed E-state index contributed by atoms with van der Waals surface area (Å²) in [7, 11) is 0. The highest BCUT2D eigenvalue weighted by Gasteiger charge is 2.16. The zero-order chi connectivity index (χ0) is 11.4. The van der Waals surface area contributed by atoms with Gasteiger partial charge in [-0.2, -0.15) is 0 Å². The van der Waals surface area contributed by atoms with Gasteiger partial charge in [0.2, 0.25) is 0 Å². The Morgan fingerprint density at radius 1 is 1.00 bits per heavy atom. The molecule has 1 aromatic rings. The van der Waals surface area contributed by atoms with Gasteiger partial charge in [-0.05, 0) is 24.3 Å². The van der Waals surface area contributed by atoms with Crippen molar-refractivity contribution in [2.45, 2.75) is 0 Å². The van der Waals surface area contributed by atoms with Crippen LogP contribution in [0.25, 0.3) is 0 Å². The average Bonchev–Trinajstić information content (AvgIpc) is 2.32. The number of benzene rings is 1. The predicted molar refractivity (Wildman–Crippen MR) is 81.1 cm³/mol. The summed E-state index contributed by atoms with van der Waals surface area (Å²) in [6, 6.07) is 8.01. The number of β-amino-alcohol motifs (C(OH)–C–C–N with tert-alkyl or cyclic N) is 1. The smallest absolute Gasteiger partial charge is 0.0558 e. The van der Waals surface area contributed by atoms with Crippen LogP contribution in [0.4, 0.5) is 11.4 Å². The van der Waals surface area contributed by atoms with Crippen LogP contribution in [0.3, 0.4) is 0 Å². The third kappa shape index (κ3) is 4.53. The number of hydrogen-bond donors (Lipinski definition) is 2. The van der Waals surface area contributed by atoms with Crippen LogP contribution in [0.15, 0.2) is 24.3 Å². The summed E-state index contributed by atoms with van der Waals surface area (Å²) in [5.74, 6) is 0. The molecular weight excluding hydrogens is 273 g/mol. The van der Waals surface area contributed by atoms with Crippen LogP contribution >= 0.6 is 24.8 Å². The highest BCUT2D eigenvalue weighted by molar-refractivity contribution is 5.85. The molecular formula is C12H21Cl2N3O. The molecule has 3 N–H and O–H groups in total. The van der Waals surface area contributed by atoms with Crippen molar-refractivity contribution < 1.29 is 5.11 Å². The minimum Gasteiger partial charge on any atom is -0.399 e. The molecule has 0 saturated carbocycles. The molecule has 0 radical (unpaired) electrons. The van der Waals surface area contributed by atoms with E-state index < -0.39 is 0 Å². The van der Waals surface area contributed by atoms with Gasteiger partial charge in [0.15, 0.2) is 0 Å². The molecule has 0 spiro atoms. The van der Waals surface area contributed by atoms with Crippen LogP contribution in [0.2, 0.25) is 0 Å². The van der Waals surface area contributed by atoms with Crippen LogP contribution in [0.5, 0.6) is 0 Å². The Hall–Kier alpha value is -0.680. The number of aliphatic hydroxyl groups excluding tert-OH is 1. The largest absolute Gasteiger partial charge is 0.399 e. The standard InChI is InChI=1S/C12H19N3O.2ClH/c13-11-1-3-12(4-2-11)15-7-5-14(6-8-15)9-10-16;;/h1-4,16H,5-10,13H2;2*1H. The molecule has 18 heavy (non-hydrogen) atoms. The first-order chi connectivity index (χ1) is 7.79. The van der Waals surface area contributed by atoms with Gasteiger partial charge in [0, 0.05) is 44.1 Å². The lowest BCUT2D eigenvalue weighted by molar-refractivity contribution is 0.189. The summed E-state index contributed by atoms with van der Waals surface area (Å²) in [4.78, 5) is 4.64. The molecule has 1 aromatic carbocycles. The third-order valence-corrected chi connectivity index (χ3v) is 3.05. The highest BCUT2D eigenvalue weighted by atomic mass is 35.5. The summed E-state index contributed by atoms with van der Waals surface area (Å²) in [5, 5.41) is 8.86. The second-order valence-electron chi connectivity index (χ2n) is 4.14. The van der Waals surface area contributed by atoms with E-state index in [1.807, 2.05) is 12.1 Å². The van der Waals surface area contributed by atoms with Gasteiger partial charge in [-0.25, -0.2) is 0 Å². The molecule has 0 aliphatic carbocycles. The number of piperazine rings is 1. The number of rotatable bonds is 3. The highest BCUT2D eigenvalue weighted by Crippen LogP contribution is 2.17. The molecule has 1 heterocycles. The lowest BCUT2D eigenvalue weighted by atomic mass is 10.2. The van der Waals surface area contributed by atoms with E-state index in [1.54, 1.807) is 0 Å². The zero-order valence-electron chi connectivity index (χ0n) is 10.3. The lowest BCUT2D eigenvalue weighted by Gasteiger charge is -2.35. The molecule has 1 aliphatic heterocycles. The van der Waals surface area contributed by atoms with Crippen molar-refractivity contribution in [2.75, 3.05) is 50.0 Å². The maximum absolute atomic E-state index is 8.86. The topological polar surface area (TPSA) is 52.7 Å². The van der Waals surface area contributed by atoms with Gasteiger partial charge >= 0.3 is 0 Å². The van der Waals surface area contributed by atoms with Crippen LogP contribution in [-0.2, 0) is 0 Å². The van der Waals surface area contributed by atoms with Crippen LogP contribution in [0.1, 0.15) is 0 Å². The van der Waals surface area contributed by atoms with Gasteiger partial charge in [-0.3, -0.25) is 4.90 Å². The number of nitrogens with zero attached hydrogens (tertiary/aromatic N) is 2. The van der Waals surface area contributed by atoms with E-state index in [0.29, 0.717) is 0 Å². The molecule has 1 saturated heterocycles. The molecule has 1 fully saturated rings. The molecule has 104 valence electrons. The van der Waals surface area contributed by atoms with Crippen molar-refractivity contribution in [3.63, 3.8) is 0 Å². The summed E-state index contributed by atoms with van der Waals surface area (Å²) >= 11 is 0. The minimum absolute atomic E-state index is 0. The summed E-state index contributed by atoms with van der Waals surface area (Å²) in [6.07, 6.45) is 0. The van der Waals surface area contributed by atoms with Gasteiger partial charge in [-0.15, -0.1) is 24.8 Å². The fourth-order valence-electron chi connectivity index (χ4n) is 2.06. The lowest BCUT2D eigenvalue weighted by Crippen LogP contribution is -2.47. The molecule has 0 amide bonds. The minimum atomic E-state index is 0. The summed E-state index contributed by atoms with van der Waals surface area (Å²) in [6.45, 7) is 5.11. The van der Waals surface area contributed by atoms with Crippen molar-refractivity contribution >= 4 is 36.2 Å². The number of aliphatic hydroxyl groups is 1. The quantitative estimate of drug-likeness (QED) is 0.823. The van der Waals surface area contributed by atoms with Crippen LogP contribution < -0.4 is 10.6 Å². The summed E-state index contributed by atoms with van der Waals surface area (Å²) < 4.78 is 0. The van der Waals surface area contributed by atoms with Gasteiger partial charge in [0.25, 0.3) is 0 Å². The number of halogens is 2. The predicted octanol–water partition coefficient (Wildman–Crippen LogP) is 1.23. The molecule has 0 aromatic heterocycles. The van der Waals surface area contributed by atoms with Crippen molar-refractivity contribution in [1.82, 2.24) is 4.90 Å². The Morgan fingerprint density at radius 3 is 2.06 bits per heavy atom. The van der Waals surface area contributed by atoms with Crippen LogP contribution in [-0.4, -0.2) is 49.3 Å².